The number of nitrogens with zero attached hydrogens (tertiary/aromatic N) is 1. The van der Waals surface area contributed by atoms with Crippen molar-refractivity contribution in [3.63, 3.8) is 0 Å². The highest BCUT2D eigenvalue weighted by molar-refractivity contribution is 7.89. The molecule has 1 rings (SSSR count). The van der Waals surface area contributed by atoms with Gasteiger partial charge in [0, 0.05) is 17.7 Å². The predicted octanol–water partition coefficient (Wildman–Crippen LogP) is 2.45. The van der Waals surface area contributed by atoms with Gasteiger partial charge >= 0.3 is 0 Å². The average Bonchev–Trinajstić information content (AvgIpc) is 2.27. The van der Waals surface area contributed by atoms with Gasteiger partial charge in [0.25, 0.3) is 5.69 Å². The van der Waals surface area contributed by atoms with Gasteiger partial charge in [0.2, 0.25) is 10.0 Å². The maximum Gasteiger partial charge on any atom is 0.269 e. The molecule has 1 N–H and O–H groups in total. The van der Waals surface area contributed by atoms with E-state index in [0.717, 1.165) is 6.42 Å². The van der Waals surface area contributed by atoms with E-state index < -0.39 is 20.5 Å². The van der Waals surface area contributed by atoms with E-state index >= 15 is 0 Å². The Bertz CT molecular complexity index is 550. The van der Waals surface area contributed by atoms with E-state index in [0.29, 0.717) is 6.42 Å². The van der Waals surface area contributed by atoms with E-state index in [2.05, 4.69) is 4.72 Å². The Kier molecular flexibility index (Phi) is 4.65. The highest BCUT2D eigenvalue weighted by Crippen LogP contribution is 2.19. The number of nitro groups is 1. The van der Waals surface area contributed by atoms with Crippen LogP contribution in [0.5, 0.6) is 0 Å². The van der Waals surface area contributed by atoms with Crippen molar-refractivity contribution in [3.05, 3.63) is 34.4 Å². The zero-order valence-electron chi connectivity index (χ0n) is 11.2. The molecule has 0 spiro atoms. The second-order valence-corrected chi connectivity index (χ2v) is 6.67. The number of rotatable bonds is 6. The number of benzene rings is 1. The zero-order chi connectivity index (χ0) is 14.7. The fraction of sp³-hybridized carbons (Fsp3) is 0.500. The third-order valence-corrected chi connectivity index (χ3v) is 4.36. The highest BCUT2D eigenvalue weighted by Gasteiger charge is 2.25. The van der Waals surface area contributed by atoms with Crippen LogP contribution in [0, 0.1) is 10.1 Å². The highest BCUT2D eigenvalue weighted by atomic mass is 32.2. The molecule has 0 amide bonds. The lowest BCUT2D eigenvalue weighted by atomic mass is 10.0. The van der Waals surface area contributed by atoms with Crippen LogP contribution < -0.4 is 4.72 Å². The molecule has 1 aromatic carbocycles. The minimum Gasteiger partial charge on any atom is -0.258 e. The summed E-state index contributed by atoms with van der Waals surface area (Å²) in [5.74, 6) is 0. The summed E-state index contributed by atoms with van der Waals surface area (Å²) in [6, 6.07) is 4.84. The summed E-state index contributed by atoms with van der Waals surface area (Å²) in [5, 5.41) is 10.5. The summed E-state index contributed by atoms with van der Waals surface area (Å²) in [4.78, 5) is 9.98. The number of non-ortho nitro benzene ring substituents is 1. The van der Waals surface area contributed by atoms with Crippen molar-refractivity contribution in [3.8, 4) is 0 Å². The van der Waals surface area contributed by atoms with Crippen LogP contribution >= 0.6 is 0 Å². The number of nitro benzene ring substituents is 1. The first-order chi connectivity index (χ1) is 8.68. The summed E-state index contributed by atoms with van der Waals surface area (Å²) in [7, 11) is -3.66. The molecule has 0 atom stereocenters. The van der Waals surface area contributed by atoms with Gasteiger partial charge in [0.05, 0.1) is 9.82 Å². The Hall–Kier alpha value is -1.47. The Morgan fingerprint density at radius 1 is 1.26 bits per heavy atom. The molecule has 0 unspecified atom stereocenters. The van der Waals surface area contributed by atoms with Gasteiger partial charge in [-0.25, -0.2) is 13.1 Å². The van der Waals surface area contributed by atoms with Crippen molar-refractivity contribution in [2.24, 2.45) is 0 Å². The first-order valence-electron chi connectivity index (χ1n) is 5.96. The van der Waals surface area contributed by atoms with Crippen molar-refractivity contribution in [2.45, 2.75) is 44.0 Å². The maximum atomic E-state index is 12.1. The second-order valence-electron chi connectivity index (χ2n) is 4.99. The van der Waals surface area contributed by atoms with Crippen LogP contribution in [0.4, 0.5) is 5.69 Å². The monoisotopic (exact) mass is 286 g/mol. The van der Waals surface area contributed by atoms with Crippen molar-refractivity contribution < 1.29 is 13.3 Å². The number of sulfonamides is 1. The number of hydrogen-bond donors (Lipinski definition) is 1. The van der Waals surface area contributed by atoms with Crippen LogP contribution in [0.3, 0.4) is 0 Å². The first-order valence-corrected chi connectivity index (χ1v) is 7.45. The molecule has 0 bridgehead atoms. The van der Waals surface area contributed by atoms with E-state index in [-0.39, 0.29) is 10.6 Å². The minimum absolute atomic E-state index is 0.0299. The smallest absolute Gasteiger partial charge is 0.258 e. The van der Waals surface area contributed by atoms with Crippen molar-refractivity contribution in [2.75, 3.05) is 0 Å². The average molecular weight is 286 g/mol. The van der Waals surface area contributed by atoms with Gasteiger partial charge in [-0.3, -0.25) is 10.1 Å². The van der Waals surface area contributed by atoms with Gasteiger partial charge in [-0.15, -0.1) is 0 Å². The Balaban J connectivity index is 2.98. The summed E-state index contributed by atoms with van der Waals surface area (Å²) < 4.78 is 26.8. The van der Waals surface area contributed by atoms with Gasteiger partial charge in [-0.05, 0) is 32.4 Å². The molecule has 7 heteroatoms. The van der Waals surface area contributed by atoms with Crippen LogP contribution in [0.1, 0.15) is 33.6 Å². The van der Waals surface area contributed by atoms with Crippen LogP contribution in [-0.2, 0) is 10.0 Å². The molecule has 6 nitrogen and oxygen atoms in total. The molecular formula is C12H18N2O4S. The molecule has 0 saturated carbocycles. The van der Waals surface area contributed by atoms with Crippen molar-refractivity contribution >= 4 is 15.7 Å². The Morgan fingerprint density at radius 3 is 2.21 bits per heavy atom. The molecule has 1 aromatic rings. The molecular weight excluding hydrogens is 268 g/mol. The summed E-state index contributed by atoms with van der Waals surface area (Å²) in [5.41, 5.74) is -0.679. The van der Waals surface area contributed by atoms with Crippen LogP contribution in [0.25, 0.3) is 0 Å². The van der Waals surface area contributed by atoms with Gasteiger partial charge in [-0.2, -0.15) is 0 Å². The van der Waals surface area contributed by atoms with Gasteiger partial charge < -0.3 is 0 Å². The summed E-state index contributed by atoms with van der Waals surface area (Å²) in [6.45, 7) is 5.58. The molecule has 19 heavy (non-hydrogen) atoms. The molecule has 0 fully saturated rings. The van der Waals surface area contributed by atoms with E-state index in [1.165, 1.54) is 24.3 Å². The molecule has 0 aliphatic heterocycles. The topological polar surface area (TPSA) is 89.3 Å². The lowest BCUT2D eigenvalue weighted by Crippen LogP contribution is -2.43. The lowest BCUT2D eigenvalue weighted by Gasteiger charge is -2.25. The molecule has 0 saturated heterocycles. The molecule has 0 aromatic heterocycles. The first kappa shape index (κ1) is 15.6. The van der Waals surface area contributed by atoms with E-state index in [9.17, 15) is 18.5 Å². The van der Waals surface area contributed by atoms with Gasteiger partial charge in [0.1, 0.15) is 0 Å². The standard InChI is InChI=1S/C12H18N2O4S/c1-4-9-12(2,3)13-19(17,18)11-7-5-10(6-8-11)14(15)16/h5-8,13H,4,9H2,1-3H3. The van der Waals surface area contributed by atoms with Crippen molar-refractivity contribution in [1.29, 1.82) is 0 Å². The molecule has 0 aliphatic carbocycles. The number of hydrogen-bond acceptors (Lipinski definition) is 4. The second kappa shape index (κ2) is 5.66. The van der Waals surface area contributed by atoms with Crippen LogP contribution in [0.2, 0.25) is 0 Å². The molecule has 0 heterocycles. The van der Waals surface area contributed by atoms with Gasteiger partial charge in [-0.1, -0.05) is 13.3 Å². The van der Waals surface area contributed by atoms with E-state index in [4.69, 9.17) is 0 Å². The Morgan fingerprint density at radius 2 is 1.79 bits per heavy atom. The number of nitrogens with one attached hydrogen (secondary N) is 1. The lowest BCUT2D eigenvalue weighted by molar-refractivity contribution is -0.384. The van der Waals surface area contributed by atoms with Gasteiger partial charge in [0.15, 0.2) is 0 Å². The predicted molar refractivity (Wildman–Crippen MR) is 72.4 cm³/mol. The van der Waals surface area contributed by atoms with Crippen LogP contribution in [0.15, 0.2) is 29.2 Å². The largest absolute Gasteiger partial charge is 0.269 e. The molecule has 0 radical (unpaired) electrons. The van der Waals surface area contributed by atoms with E-state index in [1.54, 1.807) is 13.8 Å². The third kappa shape index (κ3) is 4.29. The normalized spacial score (nSPS) is 12.4. The maximum absolute atomic E-state index is 12.1. The van der Waals surface area contributed by atoms with Crippen molar-refractivity contribution in [1.82, 2.24) is 4.72 Å². The molecule has 0 aliphatic rings. The zero-order valence-corrected chi connectivity index (χ0v) is 12.0. The van der Waals surface area contributed by atoms with E-state index in [1.807, 2.05) is 6.92 Å². The Labute approximate surface area is 113 Å². The quantitative estimate of drug-likeness (QED) is 0.642. The van der Waals surface area contributed by atoms with Crippen LogP contribution in [-0.4, -0.2) is 18.9 Å². The minimum atomic E-state index is -3.66. The summed E-state index contributed by atoms with van der Waals surface area (Å²) in [6.07, 6.45) is 1.56. The summed E-state index contributed by atoms with van der Waals surface area (Å²) >= 11 is 0. The fourth-order valence-electron chi connectivity index (χ4n) is 1.85. The third-order valence-electron chi connectivity index (χ3n) is 2.64. The SMILES string of the molecule is CCCC(C)(C)NS(=O)(=O)c1ccc([N+](=O)[O-])cc1. The molecule has 106 valence electrons. The fourth-order valence-corrected chi connectivity index (χ4v) is 3.29.